The monoisotopic (exact) mass is 304 g/mol. The van der Waals surface area contributed by atoms with Crippen molar-refractivity contribution in [1.82, 2.24) is 9.55 Å². The summed E-state index contributed by atoms with van der Waals surface area (Å²) < 4.78 is 16.1. The van der Waals surface area contributed by atoms with E-state index < -0.39 is 0 Å². The fourth-order valence-corrected chi connectivity index (χ4v) is 1.78. The molecule has 0 fully saturated rings. The van der Waals surface area contributed by atoms with E-state index in [9.17, 15) is 4.39 Å². The van der Waals surface area contributed by atoms with Gasteiger partial charge in [-0.3, -0.25) is 0 Å². The Kier molecular flexibility index (Phi) is 3.00. The Labute approximate surface area is 95.3 Å². The lowest BCUT2D eigenvalue weighted by Crippen LogP contribution is -1.96. The van der Waals surface area contributed by atoms with Crippen molar-refractivity contribution in [3.8, 4) is 0 Å². The zero-order valence-electron chi connectivity index (χ0n) is 7.58. The van der Waals surface area contributed by atoms with Crippen LogP contribution in [0.15, 0.2) is 24.5 Å². The lowest BCUT2D eigenvalue weighted by Gasteiger charge is -2.01. The predicted molar refractivity (Wildman–Crippen MR) is 63.2 cm³/mol. The number of alkyl halides is 1. The molecule has 14 heavy (non-hydrogen) atoms. The third-order valence-electron chi connectivity index (χ3n) is 2.12. The van der Waals surface area contributed by atoms with Gasteiger partial charge in [-0.25, -0.2) is 9.37 Å². The van der Waals surface area contributed by atoms with Gasteiger partial charge in [0.1, 0.15) is 5.82 Å². The smallest absolute Gasteiger partial charge is 0.125 e. The molecule has 0 atom stereocenters. The van der Waals surface area contributed by atoms with Gasteiger partial charge in [0.05, 0.1) is 17.4 Å². The van der Waals surface area contributed by atoms with E-state index in [1.54, 1.807) is 12.4 Å². The molecule has 1 aromatic carbocycles. The third kappa shape index (κ3) is 1.89. The van der Waals surface area contributed by atoms with E-state index in [1.165, 1.54) is 12.1 Å². The molecule has 4 heteroatoms. The summed E-state index contributed by atoms with van der Waals surface area (Å²) in [5.41, 5.74) is 1.75. The Morgan fingerprint density at radius 3 is 3.07 bits per heavy atom. The molecule has 0 radical (unpaired) electrons. The highest BCUT2D eigenvalue weighted by molar-refractivity contribution is 14.1. The Balaban J connectivity index is 2.40. The van der Waals surface area contributed by atoms with Crippen LogP contribution in [0.4, 0.5) is 4.39 Å². The number of imidazole rings is 1. The van der Waals surface area contributed by atoms with Crippen LogP contribution in [0.2, 0.25) is 0 Å². The number of halogens is 2. The molecule has 74 valence electrons. The highest BCUT2D eigenvalue weighted by Gasteiger charge is 2.02. The molecule has 0 amide bonds. The second-order valence-electron chi connectivity index (χ2n) is 3.11. The summed E-state index contributed by atoms with van der Waals surface area (Å²) in [5.74, 6) is -0.200. The first-order valence-corrected chi connectivity index (χ1v) is 6.00. The van der Waals surface area contributed by atoms with E-state index in [0.29, 0.717) is 0 Å². The fraction of sp³-hybridized carbons (Fsp3) is 0.300. The molecule has 2 nitrogen and oxygen atoms in total. The van der Waals surface area contributed by atoms with E-state index in [4.69, 9.17) is 0 Å². The highest BCUT2D eigenvalue weighted by Crippen LogP contribution is 2.14. The molecule has 0 aliphatic rings. The number of rotatable bonds is 3. The van der Waals surface area contributed by atoms with Crippen molar-refractivity contribution in [3.05, 3.63) is 30.3 Å². The van der Waals surface area contributed by atoms with Gasteiger partial charge in [-0.15, -0.1) is 0 Å². The largest absolute Gasteiger partial charge is 0.330 e. The maximum Gasteiger partial charge on any atom is 0.125 e. The van der Waals surface area contributed by atoms with Crippen molar-refractivity contribution in [3.63, 3.8) is 0 Å². The van der Waals surface area contributed by atoms with Gasteiger partial charge in [0.2, 0.25) is 0 Å². The summed E-state index contributed by atoms with van der Waals surface area (Å²) in [6, 6.07) is 4.69. The van der Waals surface area contributed by atoms with Gasteiger partial charge in [0.25, 0.3) is 0 Å². The van der Waals surface area contributed by atoms with E-state index in [1.807, 2.05) is 4.57 Å². The average Bonchev–Trinajstić information content (AvgIpc) is 2.57. The van der Waals surface area contributed by atoms with Crippen LogP contribution in [0.5, 0.6) is 0 Å². The predicted octanol–water partition coefficient (Wildman–Crippen LogP) is 3.00. The minimum absolute atomic E-state index is 0.200. The summed E-state index contributed by atoms with van der Waals surface area (Å²) in [5, 5.41) is 0. The van der Waals surface area contributed by atoms with Gasteiger partial charge >= 0.3 is 0 Å². The first-order valence-electron chi connectivity index (χ1n) is 4.47. The van der Waals surface area contributed by atoms with Crippen molar-refractivity contribution in [2.45, 2.75) is 13.0 Å². The molecule has 0 unspecified atom stereocenters. The molecule has 0 spiro atoms. The molecule has 2 rings (SSSR count). The number of aromatic nitrogens is 2. The molecule has 0 N–H and O–H groups in total. The summed E-state index contributed by atoms with van der Waals surface area (Å²) in [6.07, 6.45) is 2.86. The molecule has 0 aliphatic carbocycles. The second-order valence-corrected chi connectivity index (χ2v) is 4.19. The number of hydrogen-bond acceptors (Lipinski definition) is 1. The summed E-state index contributed by atoms with van der Waals surface area (Å²) in [4.78, 5) is 4.21. The normalized spacial score (nSPS) is 11.0. The SMILES string of the molecule is Fc1ccc2ncn(CCCI)c2c1. The summed E-state index contributed by atoms with van der Waals surface area (Å²) >= 11 is 2.33. The molecule has 1 aromatic heterocycles. The zero-order valence-corrected chi connectivity index (χ0v) is 9.74. The van der Waals surface area contributed by atoms with E-state index in [2.05, 4.69) is 27.6 Å². The maximum absolute atomic E-state index is 13.0. The highest BCUT2D eigenvalue weighted by atomic mass is 127. The van der Waals surface area contributed by atoms with Crippen molar-refractivity contribution < 1.29 is 4.39 Å². The van der Waals surface area contributed by atoms with Crippen LogP contribution in [0, 0.1) is 5.82 Å². The van der Waals surface area contributed by atoms with E-state index in [-0.39, 0.29) is 5.82 Å². The van der Waals surface area contributed by atoms with E-state index in [0.717, 1.165) is 28.4 Å². The lowest BCUT2D eigenvalue weighted by atomic mass is 10.3. The average molecular weight is 304 g/mol. The topological polar surface area (TPSA) is 17.8 Å². The van der Waals surface area contributed by atoms with Gasteiger partial charge < -0.3 is 4.57 Å². The van der Waals surface area contributed by atoms with Gasteiger partial charge in [0.15, 0.2) is 0 Å². The molecule has 0 bridgehead atoms. The van der Waals surface area contributed by atoms with Crippen molar-refractivity contribution in [2.24, 2.45) is 0 Å². The summed E-state index contributed by atoms with van der Waals surface area (Å²) in [6.45, 7) is 0.906. The first-order chi connectivity index (χ1) is 6.81. The Hall–Kier alpha value is -0.650. The number of aryl methyl sites for hydroxylation is 1. The first kappa shape index (κ1) is 9.89. The molecule has 0 saturated carbocycles. The van der Waals surface area contributed by atoms with Crippen LogP contribution in [0.3, 0.4) is 0 Å². The lowest BCUT2D eigenvalue weighted by molar-refractivity contribution is 0.627. The Bertz CT molecular complexity index is 439. The van der Waals surface area contributed by atoms with Crippen LogP contribution >= 0.6 is 22.6 Å². The van der Waals surface area contributed by atoms with Gasteiger partial charge in [-0.05, 0) is 24.6 Å². The van der Waals surface area contributed by atoms with Crippen LogP contribution in [-0.4, -0.2) is 14.0 Å². The maximum atomic E-state index is 13.0. The Morgan fingerprint density at radius 2 is 2.29 bits per heavy atom. The molecule has 1 heterocycles. The minimum Gasteiger partial charge on any atom is -0.330 e. The standard InChI is InChI=1S/C10H10FIN2/c11-8-2-3-9-10(6-8)14(7-13-9)5-1-4-12/h2-3,6-7H,1,4-5H2. The van der Waals surface area contributed by atoms with Gasteiger partial charge in [-0.2, -0.15) is 0 Å². The van der Waals surface area contributed by atoms with Gasteiger partial charge in [0, 0.05) is 11.0 Å². The van der Waals surface area contributed by atoms with Gasteiger partial charge in [-0.1, -0.05) is 22.6 Å². The quantitative estimate of drug-likeness (QED) is 0.629. The number of hydrogen-bond donors (Lipinski definition) is 0. The van der Waals surface area contributed by atoms with Crippen molar-refractivity contribution in [1.29, 1.82) is 0 Å². The zero-order chi connectivity index (χ0) is 9.97. The number of nitrogens with zero attached hydrogens (tertiary/aromatic N) is 2. The molecular weight excluding hydrogens is 294 g/mol. The molecule has 0 saturated heterocycles. The van der Waals surface area contributed by atoms with Crippen LogP contribution < -0.4 is 0 Å². The molecule has 0 aliphatic heterocycles. The number of benzene rings is 1. The Morgan fingerprint density at radius 1 is 1.43 bits per heavy atom. The fourth-order valence-electron chi connectivity index (χ4n) is 1.44. The molecular formula is C10H10FIN2. The summed E-state index contributed by atoms with van der Waals surface area (Å²) in [7, 11) is 0. The second kappa shape index (κ2) is 4.25. The van der Waals surface area contributed by atoms with Crippen LogP contribution in [-0.2, 0) is 6.54 Å². The van der Waals surface area contributed by atoms with Crippen LogP contribution in [0.25, 0.3) is 11.0 Å². The van der Waals surface area contributed by atoms with Crippen molar-refractivity contribution >= 4 is 33.6 Å². The van der Waals surface area contributed by atoms with Crippen molar-refractivity contribution in [2.75, 3.05) is 4.43 Å². The number of fused-ring (bicyclic) bond motifs is 1. The minimum atomic E-state index is -0.200. The molecule has 2 aromatic rings. The van der Waals surface area contributed by atoms with E-state index >= 15 is 0 Å². The third-order valence-corrected chi connectivity index (χ3v) is 2.88. The van der Waals surface area contributed by atoms with Crippen LogP contribution in [0.1, 0.15) is 6.42 Å².